The van der Waals surface area contributed by atoms with E-state index in [1.807, 2.05) is 30.3 Å². The molecule has 2 aromatic carbocycles. The van der Waals surface area contributed by atoms with E-state index in [1.165, 1.54) is 4.90 Å². The molecule has 1 saturated carbocycles. The first-order valence-corrected chi connectivity index (χ1v) is 9.73. The Balaban J connectivity index is 1.44. The van der Waals surface area contributed by atoms with Crippen LogP contribution in [0.1, 0.15) is 57.8 Å². The average molecular weight is 388 g/mol. The highest BCUT2D eigenvalue weighted by molar-refractivity contribution is 6.21. The Hall–Kier alpha value is -3.32. The van der Waals surface area contributed by atoms with Crippen LogP contribution in [0.15, 0.2) is 53.1 Å². The van der Waals surface area contributed by atoms with Gasteiger partial charge < -0.3 is 10.3 Å². The van der Waals surface area contributed by atoms with E-state index in [1.54, 1.807) is 18.2 Å². The normalized spacial score (nSPS) is 17.8. The molecule has 1 aromatic heterocycles. The van der Waals surface area contributed by atoms with E-state index in [-0.39, 0.29) is 18.4 Å². The van der Waals surface area contributed by atoms with Crippen LogP contribution in [0.5, 0.6) is 0 Å². The number of amides is 2. The van der Waals surface area contributed by atoms with Gasteiger partial charge in [-0.2, -0.15) is 4.98 Å². The summed E-state index contributed by atoms with van der Waals surface area (Å²) in [5.41, 5.74) is 8.10. The van der Waals surface area contributed by atoms with Gasteiger partial charge in [0, 0.05) is 5.56 Å². The minimum absolute atomic E-state index is 0.239. The van der Waals surface area contributed by atoms with Gasteiger partial charge in [-0.05, 0) is 36.6 Å². The fraction of sp³-hybridized carbons (Fsp3) is 0.273. The molecule has 1 aliphatic heterocycles. The van der Waals surface area contributed by atoms with Crippen LogP contribution in [0, 0.1) is 0 Å². The van der Waals surface area contributed by atoms with Gasteiger partial charge in [-0.3, -0.25) is 14.5 Å². The SMILES string of the molecule is NC1(c2noc(-c3ccc4c(c3)C(=O)N(Cc3ccccc3)C4=O)n2)CCCC1. The Bertz CT molecular complexity index is 1100. The summed E-state index contributed by atoms with van der Waals surface area (Å²) < 4.78 is 5.42. The Labute approximate surface area is 167 Å². The molecule has 1 aliphatic carbocycles. The number of hydrogen-bond acceptors (Lipinski definition) is 6. The number of nitrogens with zero attached hydrogens (tertiary/aromatic N) is 3. The molecule has 29 heavy (non-hydrogen) atoms. The van der Waals surface area contributed by atoms with E-state index in [0.29, 0.717) is 28.4 Å². The molecule has 0 saturated heterocycles. The number of benzene rings is 2. The van der Waals surface area contributed by atoms with E-state index >= 15 is 0 Å². The van der Waals surface area contributed by atoms with E-state index < -0.39 is 5.54 Å². The highest BCUT2D eigenvalue weighted by Gasteiger charge is 2.38. The van der Waals surface area contributed by atoms with Crippen molar-refractivity contribution in [1.82, 2.24) is 15.0 Å². The third-order valence-electron chi connectivity index (χ3n) is 5.77. The molecule has 2 N–H and O–H groups in total. The quantitative estimate of drug-likeness (QED) is 0.688. The number of carbonyl (C=O) groups excluding carboxylic acids is 2. The topological polar surface area (TPSA) is 102 Å². The number of fused-ring (bicyclic) bond motifs is 1. The predicted molar refractivity (Wildman–Crippen MR) is 105 cm³/mol. The zero-order valence-corrected chi connectivity index (χ0v) is 15.8. The number of nitrogens with two attached hydrogens (primary N) is 1. The monoisotopic (exact) mass is 388 g/mol. The first kappa shape index (κ1) is 17.8. The van der Waals surface area contributed by atoms with Crippen LogP contribution in [0.25, 0.3) is 11.5 Å². The van der Waals surface area contributed by atoms with E-state index in [2.05, 4.69) is 10.1 Å². The number of hydrogen-bond donors (Lipinski definition) is 1. The molecule has 0 unspecified atom stereocenters. The molecule has 5 rings (SSSR count). The van der Waals surface area contributed by atoms with Gasteiger partial charge in [-0.15, -0.1) is 0 Å². The summed E-state index contributed by atoms with van der Waals surface area (Å²) in [6, 6.07) is 14.5. The molecule has 0 spiro atoms. The second-order valence-electron chi connectivity index (χ2n) is 7.73. The molecule has 7 heteroatoms. The lowest BCUT2D eigenvalue weighted by atomic mass is 9.98. The summed E-state index contributed by atoms with van der Waals surface area (Å²) in [5, 5.41) is 4.07. The van der Waals surface area contributed by atoms with Crippen LogP contribution in [-0.2, 0) is 12.1 Å². The summed E-state index contributed by atoms with van der Waals surface area (Å²) in [5.74, 6) is 0.194. The Morgan fingerprint density at radius 1 is 1.00 bits per heavy atom. The highest BCUT2D eigenvalue weighted by atomic mass is 16.5. The number of carbonyl (C=O) groups is 2. The molecular formula is C22H20N4O3. The first-order valence-electron chi connectivity index (χ1n) is 9.73. The van der Waals surface area contributed by atoms with Gasteiger partial charge in [0.15, 0.2) is 5.82 Å². The van der Waals surface area contributed by atoms with Gasteiger partial charge in [-0.1, -0.05) is 48.3 Å². The maximum atomic E-state index is 12.9. The maximum Gasteiger partial charge on any atom is 0.261 e. The van der Waals surface area contributed by atoms with Crippen LogP contribution < -0.4 is 5.73 Å². The Morgan fingerprint density at radius 2 is 1.72 bits per heavy atom. The smallest absolute Gasteiger partial charge is 0.261 e. The van der Waals surface area contributed by atoms with Crippen LogP contribution in [0.3, 0.4) is 0 Å². The van der Waals surface area contributed by atoms with Crippen LogP contribution in [0.4, 0.5) is 0 Å². The number of rotatable bonds is 4. The molecule has 2 amide bonds. The molecule has 0 bridgehead atoms. The van der Waals surface area contributed by atoms with Crippen molar-refractivity contribution in [3.8, 4) is 11.5 Å². The molecule has 3 aromatic rings. The molecule has 0 radical (unpaired) electrons. The standard InChI is InChI=1S/C22H20N4O3/c23-22(10-4-5-11-22)21-24-18(29-25-21)15-8-9-16-17(12-15)20(28)26(19(16)27)13-14-6-2-1-3-7-14/h1-3,6-9,12H,4-5,10-11,13,23H2. The number of aromatic nitrogens is 2. The lowest BCUT2D eigenvalue weighted by Crippen LogP contribution is -2.34. The van der Waals surface area contributed by atoms with Crippen LogP contribution >= 0.6 is 0 Å². The van der Waals surface area contributed by atoms with Crippen LogP contribution in [-0.4, -0.2) is 26.9 Å². The third-order valence-corrected chi connectivity index (χ3v) is 5.77. The van der Waals surface area contributed by atoms with Gasteiger partial charge in [0.05, 0.1) is 23.2 Å². The minimum atomic E-state index is -0.545. The summed E-state index contributed by atoms with van der Waals surface area (Å²) >= 11 is 0. The van der Waals surface area contributed by atoms with Gasteiger partial charge in [0.1, 0.15) is 0 Å². The summed E-state index contributed by atoms with van der Waals surface area (Å²) in [6.45, 7) is 0.239. The zero-order valence-electron chi connectivity index (χ0n) is 15.8. The molecule has 1 fully saturated rings. The lowest BCUT2D eigenvalue weighted by Gasteiger charge is -2.17. The Morgan fingerprint density at radius 3 is 2.48 bits per heavy atom. The molecule has 0 atom stereocenters. The molecule has 2 heterocycles. The first-order chi connectivity index (χ1) is 14.0. The lowest BCUT2D eigenvalue weighted by molar-refractivity contribution is 0.0642. The maximum absolute atomic E-state index is 12.9. The average Bonchev–Trinajstić information content (AvgIpc) is 3.46. The van der Waals surface area contributed by atoms with Crippen molar-refractivity contribution >= 4 is 11.8 Å². The van der Waals surface area contributed by atoms with Gasteiger partial charge in [0.2, 0.25) is 0 Å². The van der Waals surface area contributed by atoms with Gasteiger partial charge >= 0.3 is 0 Å². The predicted octanol–water partition coefficient (Wildman–Crippen LogP) is 3.26. The van der Waals surface area contributed by atoms with Crippen molar-refractivity contribution in [2.75, 3.05) is 0 Å². The van der Waals surface area contributed by atoms with Crippen LogP contribution in [0.2, 0.25) is 0 Å². The second kappa shape index (κ2) is 6.63. The van der Waals surface area contributed by atoms with Crippen molar-refractivity contribution < 1.29 is 14.1 Å². The molecule has 146 valence electrons. The van der Waals surface area contributed by atoms with Crippen molar-refractivity contribution in [1.29, 1.82) is 0 Å². The second-order valence-corrected chi connectivity index (χ2v) is 7.73. The van der Waals surface area contributed by atoms with Gasteiger partial charge in [0.25, 0.3) is 17.7 Å². The van der Waals surface area contributed by atoms with E-state index in [9.17, 15) is 9.59 Å². The summed E-state index contributed by atoms with van der Waals surface area (Å²) in [4.78, 5) is 31.3. The fourth-order valence-corrected chi connectivity index (χ4v) is 4.11. The van der Waals surface area contributed by atoms with Crippen molar-refractivity contribution in [3.63, 3.8) is 0 Å². The molecular weight excluding hydrogens is 368 g/mol. The summed E-state index contributed by atoms with van der Waals surface area (Å²) in [7, 11) is 0. The van der Waals surface area contributed by atoms with E-state index in [4.69, 9.17) is 10.3 Å². The molecule has 7 nitrogen and oxygen atoms in total. The highest BCUT2D eigenvalue weighted by Crippen LogP contribution is 2.36. The number of imide groups is 1. The molecule has 2 aliphatic rings. The van der Waals surface area contributed by atoms with Gasteiger partial charge in [-0.25, -0.2) is 0 Å². The van der Waals surface area contributed by atoms with Crippen molar-refractivity contribution in [2.45, 2.75) is 37.8 Å². The van der Waals surface area contributed by atoms with Crippen molar-refractivity contribution in [2.24, 2.45) is 5.73 Å². The summed E-state index contributed by atoms with van der Waals surface area (Å²) in [6.07, 6.45) is 3.76. The fourth-order valence-electron chi connectivity index (χ4n) is 4.11. The van der Waals surface area contributed by atoms with Crippen molar-refractivity contribution in [3.05, 3.63) is 71.0 Å². The largest absolute Gasteiger partial charge is 0.334 e. The minimum Gasteiger partial charge on any atom is -0.334 e. The third kappa shape index (κ3) is 2.94. The zero-order chi connectivity index (χ0) is 20.0. The Kier molecular flexibility index (Phi) is 4.06. The van der Waals surface area contributed by atoms with E-state index in [0.717, 1.165) is 31.2 Å².